The second-order valence-corrected chi connectivity index (χ2v) is 6.13. The van der Waals surface area contributed by atoms with Gasteiger partial charge >= 0.3 is 0 Å². The maximum Gasteiger partial charge on any atom is 0.275 e. The van der Waals surface area contributed by atoms with E-state index in [4.69, 9.17) is 9.47 Å². The van der Waals surface area contributed by atoms with Crippen LogP contribution in [-0.4, -0.2) is 23.8 Å². The van der Waals surface area contributed by atoms with Gasteiger partial charge in [0.05, 0.1) is 18.4 Å². The summed E-state index contributed by atoms with van der Waals surface area (Å²) in [6.45, 7) is 2.63. The fourth-order valence-corrected chi connectivity index (χ4v) is 2.62. The summed E-state index contributed by atoms with van der Waals surface area (Å²) in [6, 6.07) is 21.6. The van der Waals surface area contributed by atoms with Gasteiger partial charge in [-0.1, -0.05) is 42.5 Å². The summed E-state index contributed by atoms with van der Waals surface area (Å²) in [5.74, 6) is 0.515. The van der Waals surface area contributed by atoms with E-state index in [1.165, 1.54) is 12.3 Å². The molecule has 0 bridgehead atoms. The zero-order chi connectivity index (χ0) is 20.5. The Balaban J connectivity index is 1.65. The van der Waals surface area contributed by atoms with E-state index < -0.39 is 0 Å². The second kappa shape index (κ2) is 9.94. The molecular formula is C23H22N2O4. The third kappa shape index (κ3) is 5.59. The highest BCUT2D eigenvalue weighted by Gasteiger charge is 2.11. The number of aromatic hydroxyl groups is 1. The van der Waals surface area contributed by atoms with Crippen LogP contribution in [0, 0.1) is 0 Å². The number of carbonyl (C=O) groups excluding carboxylic acids is 1. The van der Waals surface area contributed by atoms with Crippen LogP contribution in [0.4, 0.5) is 0 Å². The Labute approximate surface area is 169 Å². The summed E-state index contributed by atoms with van der Waals surface area (Å²) < 4.78 is 11.1. The molecule has 0 aliphatic rings. The Morgan fingerprint density at radius 1 is 1.00 bits per heavy atom. The average molecular weight is 390 g/mol. The molecule has 0 atom stereocenters. The van der Waals surface area contributed by atoms with Crippen LogP contribution in [0.25, 0.3) is 0 Å². The number of amides is 1. The number of hydrogen-bond acceptors (Lipinski definition) is 5. The largest absolute Gasteiger partial charge is 0.504 e. The van der Waals surface area contributed by atoms with Crippen LogP contribution < -0.4 is 14.9 Å². The van der Waals surface area contributed by atoms with Gasteiger partial charge in [0.25, 0.3) is 5.91 Å². The summed E-state index contributed by atoms with van der Waals surface area (Å²) in [6.07, 6.45) is 1.48. The van der Waals surface area contributed by atoms with Crippen LogP contribution in [0.5, 0.6) is 17.2 Å². The molecular weight excluding hydrogens is 368 g/mol. The summed E-state index contributed by atoms with van der Waals surface area (Å²) in [4.78, 5) is 12.5. The van der Waals surface area contributed by atoms with Crippen molar-refractivity contribution in [3.05, 3.63) is 89.5 Å². The lowest BCUT2D eigenvalue weighted by atomic mass is 10.2. The molecule has 1 amide bonds. The molecule has 0 heterocycles. The number of nitrogens with one attached hydrogen (secondary N) is 1. The van der Waals surface area contributed by atoms with Gasteiger partial charge in [0.1, 0.15) is 12.4 Å². The Morgan fingerprint density at radius 2 is 1.76 bits per heavy atom. The zero-order valence-electron chi connectivity index (χ0n) is 16.0. The van der Waals surface area contributed by atoms with Crippen molar-refractivity contribution in [2.24, 2.45) is 5.10 Å². The first kappa shape index (κ1) is 19.9. The fraction of sp³-hybridized carbons (Fsp3) is 0.130. The summed E-state index contributed by atoms with van der Waals surface area (Å²) in [7, 11) is 0. The molecule has 0 spiro atoms. The molecule has 0 aliphatic carbocycles. The third-order valence-corrected chi connectivity index (χ3v) is 4.03. The Hall–Kier alpha value is -3.80. The maximum absolute atomic E-state index is 12.5. The van der Waals surface area contributed by atoms with Gasteiger partial charge in [-0.25, -0.2) is 5.43 Å². The van der Waals surface area contributed by atoms with Crippen molar-refractivity contribution in [3.8, 4) is 17.2 Å². The van der Waals surface area contributed by atoms with Gasteiger partial charge in [0.2, 0.25) is 0 Å². The molecule has 0 aliphatic heterocycles. The Morgan fingerprint density at radius 3 is 2.55 bits per heavy atom. The van der Waals surface area contributed by atoms with Gasteiger partial charge in [0, 0.05) is 0 Å². The molecule has 3 rings (SSSR count). The molecule has 0 saturated heterocycles. The smallest absolute Gasteiger partial charge is 0.275 e. The normalized spacial score (nSPS) is 10.7. The summed E-state index contributed by atoms with van der Waals surface area (Å²) >= 11 is 0. The number of hydrogen-bond donors (Lipinski definition) is 2. The van der Waals surface area contributed by atoms with Crippen molar-refractivity contribution in [2.45, 2.75) is 13.5 Å². The van der Waals surface area contributed by atoms with E-state index in [2.05, 4.69) is 10.5 Å². The van der Waals surface area contributed by atoms with Crippen LogP contribution >= 0.6 is 0 Å². The second-order valence-electron chi connectivity index (χ2n) is 6.13. The molecule has 0 saturated carbocycles. The van der Waals surface area contributed by atoms with Gasteiger partial charge < -0.3 is 14.6 Å². The quantitative estimate of drug-likeness (QED) is 0.448. The SMILES string of the molecule is CCOc1cc(/C=N/NC(=O)c2ccccc2OCc2ccccc2)ccc1O. The molecule has 0 radical (unpaired) electrons. The number of hydrazone groups is 1. The molecule has 6 heteroatoms. The summed E-state index contributed by atoms with van der Waals surface area (Å²) in [5, 5.41) is 13.7. The minimum absolute atomic E-state index is 0.0533. The van der Waals surface area contributed by atoms with E-state index in [1.54, 1.807) is 30.3 Å². The topological polar surface area (TPSA) is 80.2 Å². The van der Waals surface area contributed by atoms with E-state index >= 15 is 0 Å². The highest BCUT2D eigenvalue weighted by molar-refractivity contribution is 5.97. The third-order valence-electron chi connectivity index (χ3n) is 4.03. The zero-order valence-corrected chi connectivity index (χ0v) is 16.0. The van der Waals surface area contributed by atoms with Crippen molar-refractivity contribution >= 4 is 12.1 Å². The lowest BCUT2D eigenvalue weighted by molar-refractivity contribution is 0.0950. The van der Waals surface area contributed by atoms with Crippen molar-refractivity contribution in [3.63, 3.8) is 0 Å². The minimum atomic E-state index is -0.381. The number of para-hydroxylation sites is 1. The van der Waals surface area contributed by atoms with Gasteiger partial charge in [-0.3, -0.25) is 4.79 Å². The number of ether oxygens (including phenoxy) is 2. The van der Waals surface area contributed by atoms with Gasteiger partial charge in [-0.05, 0) is 48.4 Å². The van der Waals surface area contributed by atoms with Crippen molar-refractivity contribution in [2.75, 3.05) is 6.61 Å². The number of phenolic OH excluding ortho intramolecular Hbond substituents is 1. The van der Waals surface area contributed by atoms with Gasteiger partial charge in [0.15, 0.2) is 11.5 Å². The van der Waals surface area contributed by atoms with E-state index in [0.717, 1.165) is 5.56 Å². The number of carbonyl (C=O) groups is 1. The number of benzene rings is 3. The predicted molar refractivity (Wildman–Crippen MR) is 112 cm³/mol. The van der Waals surface area contributed by atoms with E-state index in [0.29, 0.717) is 35.8 Å². The number of rotatable bonds is 8. The van der Waals surface area contributed by atoms with Crippen molar-refractivity contribution < 1.29 is 19.4 Å². The molecule has 0 aromatic heterocycles. The average Bonchev–Trinajstić information content (AvgIpc) is 2.75. The first-order valence-electron chi connectivity index (χ1n) is 9.22. The van der Waals surface area contributed by atoms with Crippen LogP contribution in [0.1, 0.15) is 28.4 Å². The van der Waals surface area contributed by atoms with Gasteiger partial charge in [-0.15, -0.1) is 0 Å². The molecule has 0 fully saturated rings. The lowest BCUT2D eigenvalue weighted by Gasteiger charge is -2.10. The van der Waals surface area contributed by atoms with Crippen molar-refractivity contribution in [1.82, 2.24) is 5.43 Å². The first-order chi connectivity index (χ1) is 14.2. The lowest BCUT2D eigenvalue weighted by Crippen LogP contribution is -2.18. The van der Waals surface area contributed by atoms with Crippen LogP contribution in [0.2, 0.25) is 0 Å². The molecule has 148 valence electrons. The monoisotopic (exact) mass is 390 g/mol. The van der Waals surface area contributed by atoms with Crippen LogP contribution in [0.3, 0.4) is 0 Å². The van der Waals surface area contributed by atoms with Gasteiger partial charge in [-0.2, -0.15) is 5.10 Å². The highest BCUT2D eigenvalue weighted by Crippen LogP contribution is 2.26. The maximum atomic E-state index is 12.5. The Kier molecular flexibility index (Phi) is 6.84. The van der Waals surface area contributed by atoms with E-state index in [1.807, 2.05) is 43.3 Å². The molecule has 3 aromatic rings. The van der Waals surface area contributed by atoms with E-state index in [9.17, 15) is 9.90 Å². The molecule has 6 nitrogen and oxygen atoms in total. The summed E-state index contributed by atoms with van der Waals surface area (Å²) in [5.41, 5.74) is 4.58. The van der Waals surface area contributed by atoms with Crippen LogP contribution in [-0.2, 0) is 6.61 Å². The van der Waals surface area contributed by atoms with Crippen LogP contribution in [0.15, 0.2) is 77.9 Å². The highest BCUT2D eigenvalue weighted by atomic mass is 16.5. The number of phenols is 1. The number of nitrogens with zero attached hydrogens (tertiary/aromatic N) is 1. The first-order valence-corrected chi connectivity index (χ1v) is 9.22. The van der Waals surface area contributed by atoms with Crippen molar-refractivity contribution in [1.29, 1.82) is 0 Å². The Bertz CT molecular complexity index is 987. The molecule has 0 unspecified atom stereocenters. The molecule has 3 aromatic carbocycles. The predicted octanol–water partition coefficient (Wildman–Crippen LogP) is 4.13. The van der Waals surface area contributed by atoms with E-state index in [-0.39, 0.29) is 11.7 Å². The molecule has 2 N–H and O–H groups in total. The standard InChI is InChI=1S/C23H22N2O4/c1-2-28-22-14-18(12-13-20(22)26)15-24-25-23(27)19-10-6-7-11-21(19)29-16-17-8-4-3-5-9-17/h3-15,26H,2,16H2,1H3,(H,25,27)/b24-15+. The minimum Gasteiger partial charge on any atom is -0.504 e. The fourth-order valence-electron chi connectivity index (χ4n) is 2.62. The molecule has 29 heavy (non-hydrogen) atoms.